The molecule has 0 aliphatic rings. The van der Waals surface area contributed by atoms with E-state index < -0.39 is 51.9 Å². The summed E-state index contributed by atoms with van der Waals surface area (Å²) in [6, 6.07) is 5.22. The van der Waals surface area contributed by atoms with Gasteiger partial charge < -0.3 is 10.3 Å². The van der Waals surface area contributed by atoms with Crippen molar-refractivity contribution < 1.29 is 22.4 Å². The van der Waals surface area contributed by atoms with E-state index in [1.165, 1.54) is 13.0 Å². The number of fused-ring (bicyclic) bond motifs is 1. The zero-order valence-corrected chi connectivity index (χ0v) is 15.6. The number of nitriles is 2. The molecule has 31 heavy (non-hydrogen) atoms. The highest BCUT2D eigenvalue weighted by atomic mass is 19.3. The predicted octanol–water partition coefficient (Wildman–Crippen LogP) is 2.91. The molecule has 7 nitrogen and oxygen atoms in total. The zero-order chi connectivity index (χ0) is 22.9. The summed E-state index contributed by atoms with van der Waals surface area (Å²) in [6.07, 6.45) is 1.01. The number of carbonyl (C=O) groups is 1. The van der Waals surface area contributed by atoms with E-state index in [1.807, 2.05) is 5.32 Å². The van der Waals surface area contributed by atoms with Crippen molar-refractivity contribution in [3.05, 3.63) is 74.8 Å². The molecule has 11 heteroatoms. The molecule has 1 unspecified atom stereocenters. The van der Waals surface area contributed by atoms with Crippen LogP contribution in [-0.4, -0.2) is 15.9 Å². The number of carbonyl (C=O) groups excluding carboxylic acids is 1. The first kappa shape index (κ1) is 21.5. The molecule has 3 rings (SSSR count). The lowest BCUT2D eigenvalue weighted by molar-refractivity contribution is -0.148. The summed E-state index contributed by atoms with van der Waals surface area (Å²) in [6.45, 7) is 1.18. The van der Waals surface area contributed by atoms with Crippen LogP contribution >= 0.6 is 0 Å². The summed E-state index contributed by atoms with van der Waals surface area (Å²) < 4.78 is 57.5. The van der Waals surface area contributed by atoms with Crippen molar-refractivity contribution >= 4 is 16.8 Å². The van der Waals surface area contributed by atoms with E-state index in [4.69, 9.17) is 10.5 Å². The Kier molecular flexibility index (Phi) is 5.45. The molecule has 0 saturated heterocycles. The molecule has 0 spiro atoms. The molecule has 2 heterocycles. The average molecular weight is 429 g/mol. The van der Waals surface area contributed by atoms with Crippen LogP contribution in [0.25, 0.3) is 10.9 Å². The maximum Gasteiger partial charge on any atom is 0.355 e. The van der Waals surface area contributed by atoms with Crippen molar-refractivity contribution in [3.63, 3.8) is 0 Å². The maximum atomic E-state index is 14.8. The van der Waals surface area contributed by atoms with Gasteiger partial charge in [0.25, 0.3) is 11.5 Å². The number of halogens is 4. The van der Waals surface area contributed by atoms with Gasteiger partial charge in [0.05, 0.1) is 28.4 Å². The van der Waals surface area contributed by atoms with E-state index in [0.717, 1.165) is 24.4 Å². The highest BCUT2D eigenvalue weighted by Crippen LogP contribution is 2.30. The van der Waals surface area contributed by atoms with Gasteiger partial charge in [-0.15, -0.1) is 0 Å². The molecule has 156 valence electrons. The number of alkyl halides is 2. The number of nitrogens with one attached hydrogen (secondary N) is 2. The van der Waals surface area contributed by atoms with Gasteiger partial charge in [0.1, 0.15) is 23.8 Å². The number of nitrogens with zero attached hydrogens (tertiary/aromatic N) is 3. The zero-order valence-electron chi connectivity index (χ0n) is 15.6. The Labute approximate surface area is 171 Å². The molecular formula is C20H11F4N5O2. The summed E-state index contributed by atoms with van der Waals surface area (Å²) in [7, 11) is 0. The molecule has 0 aliphatic carbocycles. The molecule has 0 radical (unpaired) electrons. The fourth-order valence-electron chi connectivity index (χ4n) is 2.90. The van der Waals surface area contributed by atoms with Gasteiger partial charge in [-0.1, -0.05) is 0 Å². The fraction of sp³-hybridized carbons (Fsp3) is 0.150. The van der Waals surface area contributed by atoms with E-state index in [2.05, 4.69) is 9.97 Å². The summed E-state index contributed by atoms with van der Waals surface area (Å²) in [4.78, 5) is 30.1. The van der Waals surface area contributed by atoms with Gasteiger partial charge in [-0.3, -0.25) is 14.6 Å². The summed E-state index contributed by atoms with van der Waals surface area (Å²) >= 11 is 0. The summed E-state index contributed by atoms with van der Waals surface area (Å²) in [5, 5.41) is 19.4. The van der Waals surface area contributed by atoms with Crippen LogP contribution in [0.3, 0.4) is 0 Å². The van der Waals surface area contributed by atoms with Crippen LogP contribution in [0, 0.1) is 34.3 Å². The Bertz CT molecular complexity index is 1350. The van der Waals surface area contributed by atoms with Crippen LogP contribution in [0.2, 0.25) is 0 Å². The number of H-pyrrole nitrogens is 1. The van der Waals surface area contributed by atoms with Gasteiger partial charge >= 0.3 is 5.92 Å². The van der Waals surface area contributed by atoms with Gasteiger partial charge in [0, 0.05) is 17.1 Å². The van der Waals surface area contributed by atoms with Gasteiger partial charge in [-0.25, -0.2) is 8.78 Å². The van der Waals surface area contributed by atoms with Crippen molar-refractivity contribution in [1.82, 2.24) is 15.3 Å². The smallest absolute Gasteiger partial charge is 0.342 e. The van der Waals surface area contributed by atoms with Crippen molar-refractivity contribution in [2.45, 2.75) is 18.9 Å². The number of amides is 1. The summed E-state index contributed by atoms with van der Waals surface area (Å²) in [5.74, 6) is -8.33. The lowest BCUT2D eigenvalue weighted by Crippen LogP contribution is -2.42. The average Bonchev–Trinajstić information content (AvgIpc) is 2.72. The molecule has 0 aliphatic heterocycles. The Morgan fingerprint density at radius 1 is 1.19 bits per heavy atom. The number of aromatic nitrogens is 2. The number of benzene rings is 1. The van der Waals surface area contributed by atoms with E-state index in [-0.39, 0.29) is 16.5 Å². The Balaban J connectivity index is 1.99. The van der Waals surface area contributed by atoms with Crippen LogP contribution in [0.15, 0.2) is 35.3 Å². The molecule has 2 aromatic heterocycles. The minimum atomic E-state index is -4.40. The third-order valence-corrected chi connectivity index (χ3v) is 4.47. The Morgan fingerprint density at radius 3 is 2.52 bits per heavy atom. The SMILES string of the molecule is CC(NC(=O)C(F)(F)c1cc2c(C#N)c(F)ccc2[nH]c1=O)c1ncc(C#N)cc1F. The van der Waals surface area contributed by atoms with E-state index in [0.29, 0.717) is 6.07 Å². The van der Waals surface area contributed by atoms with Gasteiger partial charge in [-0.05, 0) is 31.2 Å². The van der Waals surface area contributed by atoms with Gasteiger partial charge in [0.15, 0.2) is 0 Å². The van der Waals surface area contributed by atoms with Crippen LogP contribution in [0.4, 0.5) is 17.6 Å². The van der Waals surface area contributed by atoms with Crippen LogP contribution < -0.4 is 10.9 Å². The minimum Gasteiger partial charge on any atom is -0.342 e. The third kappa shape index (κ3) is 3.81. The van der Waals surface area contributed by atoms with E-state index in [1.54, 1.807) is 6.07 Å². The second kappa shape index (κ2) is 7.88. The number of pyridine rings is 2. The molecule has 1 aromatic carbocycles. The molecule has 1 amide bonds. The van der Waals surface area contributed by atoms with Crippen molar-refractivity contribution in [1.29, 1.82) is 10.5 Å². The Morgan fingerprint density at radius 2 is 1.90 bits per heavy atom. The standard InChI is InChI=1S/C20H11F4N5O2/c1-9(17-15(22)4-10(6-25)8-27-17)28-19(31)20(23,24)13-5-11-12(7-26)14(21)2-3-16(11)29-18(13)30/h2-5,8-9H,1H3,(H,28,31)(H,29,30). The van der Waals surface area contributed by atoms with Crippen LogP contribution in [0.1, 0.15) is 35.3 Å². The summed E-state index contributed by atoms with van der Waals surface area (Å²) in [5.41, 5.74) is -3.79. The highest BCUT2D eigenvalue weighted by molar-refractivity contribution is 5.89. The quantitative estimate of drug-likeness (QED) is 0.618. The van der Waals surface area contributed by atoms with Crippen molar-refractivity contribution in [3.8, 4) is 12.1 Å². The fourth-order valence-corrected chi connectivity index (χ4v) is 2.90. The largest absolute Gasteiger partial charge is 0.355 e. The number of hydrogen-bond acceptors (Lipinski definition) is 5. The third-order valence-electron chi connectivity index (χ3n) is 4.47. The normalized spacial score (nSPS) is 12.1. The molecule has 1 atom stereocenters. The van der Waals surface area contributed by atoms with E-state index in [9.17, 15) is 27.2 Å². The molecule has 0 fully saturated rings. The molecule has 0 saturated carbocycles. The first-order chi connectivity index (χ1) is 14.6. The monoisotopic (exact) mass is 429 g/mol. The molecule has 3 aromatic rings. The predicted molar refractivity (Wildman–Crippen MR) is 98.6 cm³/mol. The van der Waals surface area contributed by atoms with Crippen molar-refractivity contribution in [2.24, 2.45) is 0 Å². The second-order valence-electron chi connectivity index (χ2n) is 6.48. The van der Waals surface area contributed by atoms with Crippen molar-refractivity contribution in [2.75, 3.05) is 0 Å². The van der Waals surface area contributed by atoms with Crippen LogP contribution in [-0.2, 0) is 10.7 Å². The number of hydrogen-bond donors (Lipinski definition) is 2. The Hall–Kier alpha value is -4.25. The molecule has 2 N–H and O–H groups in total. The van der Waals surface area contributed by atoms with Gasteiger partial charge in [-0.2, -0.15) is 19.3 Å². The molecular weight excluding hydrogens is 418 g/mol. The number of aromatic amines is 1. The topological polar surface area (TPSA) is 122 Å². The van der Waals surface area contributed by atoms with Gasteiger partial charge in [0.2, 0.25) is 0 Å². The second-order valence-corrected chi connectivity index (χ2v) is 6.48. The van der Waals surface area contributed by atoms with Crippen LogP contribution in [0.5, 0.6) is 0 Å². The minimum absolute atomic E-state index is 0.0693. The molecule has 0 bridgehead atoms. The maximum absolute atomic E-state index is 14.8. The number of rotatable bonds is 4. The first-order valence-corrected chi connectivity index (χ1v) is 8.60. The lowest BCUT2D eigenvalue weighted by Gasteiger charge is -2.20. The van der Waals surface area contributed by atoms with E-state index >= 15 is 0 Å². The first-order valence-electron chi connectivity index (χ1n) is 8.60. The lowest BCUT2D eigenvalue weighted by atomic mass is 10.0. The highest BCUT2D eigenvalue weighted by Gasteiger charge is 2.44.